The molecule has 2 aromatic carbocycles. The maximum atomic E-state index is 13.4. The van der Waals surface area contributed by atoms with Crippen molar-refractivity contribution in [1.29, 1.82) is 0 Å². The highest BCUT2D eigenvalue weighted by molar-refractivity contribution is 5.96. The van der Waals surface area contributed by atoms with E-state index in [1.54, 1.807) is 0 Å². The molecule has 1 fully saturated rings. The Labute approximate surface area is 195 Å². The van der Waals surface area contributed by atoms with Crippen LogP contribution in [0.15, 0.2) is 73.1 Å². The number of carbonyl (C=O) groups is 1. The number of quaternary nitrogens is 1. The van der Waals surface area contributed by atoms with Crippen molar-refractivity contribution in [1.82, 2.24) is 4.98 Å². The van der Waals surface area contributed by atoms with Gasteiger partial charge in [0.05, 0.1) is 26.7 Å². The van der Waals surface area contributed by atoms with Gasteiger partial charge in [-0.15, -0.1) is 0 Å². The summed E-state index contributed by atoms with van der Waals surface area (Å²) in [5.41, 5.74) is 2.56. The first-order valence-corrected chi connectivity index (χ1v) is 11.8. The highest BCUT2D eigenvalue weighted by Gasteiger charge is 2.50. The Kier molecular flexibility index (Phi) is 5.77. The van der Waals surface area contributed by atoms with Crippen molar-refractivity contribution in [3.8, 4) is 11.1 Å². The van der Waals surface area contributed by atoms with Gasteiger partial charge < -0.3 is 14.3 Å². The minimum atomic E-state index is -1.74. The smallest absolute Gasteiger partial charge is 0.348 e. The Bertz CT molecular complexity index is 1090. The number of piperidine rings is 1. The third-order valence-corrected chi connectivity index (χ3v) is 7.36. The molecule has 0 spiro atoms. The summed E-state index contributed by atoms with van der Waals surface area (Å²) in [7, 11) is 2.29. The van der Waals surface area contributed by atoms with Crippen molar-refractivity contribution in [2.75, 3.05) is 26.7 Å². The molecule has 1 aliphatic carbocycles. The van der Waals surface area contributed by atoms with Crippen LogP contribution in [0.1, 0.15) is 36.0 Å². The Morgan fingerprint density at radius 3 is 2.27 bits per heavy atom. The lowest BCUT2D eigenvalue weighted by molar-refractivity contribution is -0.915. The summed E-state index contributed by atoms with van der Waals surface area (Å²) in [4.78, 5) is 17.6. The molecule has 0 bridgehead atoms. The van der Waals surface area contributed by atoms with Crippen LogP contribution in [0.3, 0.4) is 0 Å². The molecule has 5 heteroatoms. The van der Waals surface area contributed by atoms with Gasteiger partial charge in [-0.25, -0.2) is 4.79 Å². The van der Waals surface area contributed by atoms with Crippen LogP contribution in [0, 0.1) is 0 Å². The van der Waals surface area contributed by atoms with Gasteiger partial charge >= 0.3 is 5.97 Å². The SMILES string of the molecule is C[N+]1(CCCc2cccnc2)CCC(OC(=O)C2(O)c3ccccc3-c3ccccc32)CC1. The maximum absolute atomic E-state index is 13.4. The topological polar surface area (TPSA) is 59.4 Å². The second-order valence-electron chi connectivity index (χ2n) is 9.66. The van der Waals surface area contributed by atoms with E-state index in [4.69, 9.17) is 4.74 Å². The molecule has 1 aromatic heterocycles. The molecule has 5 nitrogen and oxygen atoms in total. The first-order valence-electron chi connectivity index (χ1n) is 11.8. The quantitative estimate of drug-likeness (QED) is 0.461. The van der Waals surface area contributed by atoms with Gasteiger partial charge in [0.15, 0.2) is 0 Å². The van der Waals surface area contributed by atoms with E-state index in [2.05, 4.69) is 18.1 Å². The molecule has 0 atom stereocenters. The van der Waals surface area contributed by atoms with Crippen LogP contribution >= 0.6 is 0 Å². The van der Waals surface area contributed by atoms with Crippen LogP contribution in [0.5, 0.6) is 0 Å². The largest absolute Gasteiger partial charge is 0.459 e. The van der Waals surface area contributed by atoms with Crippen LogP contribution in [0.4, 0.5) is 0 Å². The molecule has 1 aliphatic heterocycles. The van der Waals surface area contributed by atoms with E-state index >= 15 is 0 Å². The number of fused-ring (bicyclic) bond motifs is 3. The number of nitrogens with zero attached hydrogens (tertiary/aromatic N) is 2. The summed E-state index contributed by atoms with van der Waals surface area (Å²) in [6.45, 7) is 3.04. The number of esters is 1. The van der Waals surface area contributed by atoms with Gasteiger partial charge in [-0.1, -0.05) is 54.6 Å². The molecule has 5 rings (SSSR count). The number of aryl methyl sites for hydroxylation is 1. The molecular formula is C28H31N2O3+. The Morgan fingerprint density at radius 2 is 1.67 bits per heavy atom. The predicted molar refractivity (Wildman–Crippen MR) is 127 cm³/mol. The van der Waals surface area contributed by atoms with E-state index in [0.717, 1.165) is 60.9 Å². The Balaban J connectivity index is 1.22. The summed E-state index contributed by atoms with van der Waals surface area (Å²) >= 11 is 0. The van der Waals surface area contributed by atoms with Gasteiger partial charge in [-0.05, 0) is 29.2 Å². The van der Waals surface area contributed by atoms with E-state index in [1.807, 2.05) is 67.0 Å². The number of likely N-dealkylation sites (tertiary alicyclic amines) is 1. The molecule has 2 aliphatic rings. The number of hydrogen-bond acceptors (Lipinski definition) is 4. The lowest BCUT2D eigenvalue weighted by atomic mass is 9.91. The van der Waals surface area contributed by atoms with Crippen LogP contribution in [0.2, 0.25) is 0 Å². The van der Waals surface area contributed by atoms with Crippen LogP contribution in [-0.4, -0.2) is 53.3 Å². The summed E-state index contributed by atoms with van der Waals surface area (Å²) in [5.74, 6) is -0.558. The second kappa shape index (κ2) is 8.73. The summed E-state index contributed by atoms with van der Waals surface area (Å²) in [5, 5.41) is 11.6. The van der Waals surface area contributed by atoms with Gasteiger partial charge in [0.2, 0.25) is 5.60 Å². The highest BCUT2D eigenvalue weighted by atomic mass is 16.6. The average molecular weight is 444 g/mol. The molecule has 0 radical (unpaired) electrons. The number of aromatic nitrogens is 1. The van der Waals surface area contributed by atoms with E-state index in [1.165, 1.54) is 5.56 Å². The molecule has 0 unspecified atom stereocenters. The minimum Gasteiger partial charge on any atom is -0.459 e. The van der Waals surface area contributed by atoms with Crippen molar-refractivity contribution >= 4 is 5.97 Å². The number of rotatable bonds is 6. The molecule has 2 heterocycles. The van der Waals surface area contributed by atoms with Gasteiger partial charge in [-0.3, -0.25) is 4.98 Å². The zero-order chi connectivity index (χ0) is 22.9. The van der Waals surface area contributed by atoms with Crippen molar-refractivity contribution in [2.45, 2.75) is 37.4 Å². The highest BCUT2D eigenvalue weighted by Crippen LogP contribution is 2.48. The van der Waals surface area contributed by atoms with Crippen molar-refractivity contribution < 1.29 is 19.1 Å². The number of benzene rings is 2. The lowest BCUT2D eigenvalue weighted by Gasteiger charge is -2.41. The third kappa shape index (κ3) is 4.07. The van der Waals surface area contributed by atoms with Crippen LogP contribution in [0.25, 0.3) is 11.1 Å². The van der Waals surface area contributed by atoms with E-state index in [0.29, 0.717) is 11.1 Å². The second-order valence-corrected chi connectivity index (χ2v) is 9.66. The number of carbonyl (C=O) groups excluding carboxylic acids is 1. The molecule has 3 aromatic rings. The Hall–Kier alpha value is -3.02. The van der Waals surface area contributed by atoms with Gasteiger partial charge in [-0.2, -0.15) is 0 Å². The maximum Gasteiger partial charge on any atom is 0.348 e. The molecule has 1 saturated heterocycles. The van der Waals surface area contributed by atoms with Crippen LogP contribution in [-0.2, 0) is 21.6 Å². The lowest BCUT2D eigenvalue weighted by Crippen LogP contribution is -2.52. The average Bonchev–Trinajstić information content (AvgIpc) is 3.11. The van der Waals surface area contributed by atoms with E-state index in [-0.39, 0.29) is 6.10 Å². The number of aliphatic hydroxyl groups is 1. The number of pyridine rings is 1. The zero-order valence-electron chi connectivity index (χ0n) is 19.1. The normalized spacial score (nSPS) is 22.9. The van der Waals surface area contributed by atoms with E-state index in [9.17, 15) is 9.90 Å². The standard InChI is InChI=1S/C28H31N2O3/c1-30(17-7-9-21-8-6-16-29-20-21)18-14-22(15-19-30)33-27(31)28(32)25-12-4-2-10-23(25)24-11-3-5-13-26(24)28/h2-6,8,10-13,16,20,22,32H,7,9,14-15,17-19H2,1H3/q+1. The monoisotopic (exact) mass is 443 g/mol. The molecule has 0 saturated carbocycles. The van der Waals surface area contributed by atoms with Gasteiger partial charge in [0, 0.05) is 42.8 Å². The van der Waals surface area contributed by atoms with Gasteiger partial charge in [0.1, 0.15) is 6.10 Å². The van der Waals surface area contributed by atoms with Crippen molar-refractivity contribution in [3.63, 3.8) is 0 Å². The van der Waals surface area contributed by atoms with Crippen molar-refractivity contribution in [3.05, 3.63) is 89.7 Å². The fourth-order valence-corrected chi connectivity index (χ4v) is 5.39. The summed E-state index contributed by atoms with van der Waals surface area (Å²) in [6.07, 6.45) is 7.36. The molecular weight excluding hydrogens is 412 g/mol. The molecule has 0 amide bonds. The number of ether oxygens (including phenoxy) is 1. The Morgan fingerprint density at radius 1 is 1.03 bits per heavy atom. The zero-order valence-corrected chi connectivity index (χ0v) is 19.1. The minimum absolute atomic E-state index is 0.161. The van der Waals surface area contributed by atoms with Crippen LogP contribution < -0.4 is 0 Å². The predicted octanol–water partition coefficient (Wildman–Crippen LogP) is 4.08. The van der Waals surface area contributed by atoms with Crippen molar-refractivity contribution in [2.24, 2.45) is 0 Å². The molecule has 33 heavy (non-hydrogen) atoms. The fraction of sp³-hybridized carbons (Fsp3) is 0.357. The van der Waals surface area contributed by atoms with E-state index < -0.39 is 11.6 Å². The molecule has 1 N–H and O–H groups in total. The fourth-order valence-electron chi connectivity index (χ4n) is 5.39. The first-order chi connectivity index (χ1) is 16.0. The first kappa shape index (κ1) is 21.8. The molecule has 170 valence electrons. The van der Waals surface area contributed by atoms with Gasteiger partial charge in [0.25, 0.3) is 0 Å². The third-order valence-electron chi connectivity index (χ3n) is 7.36. The number of hydrogen-bond donors (Lipinski definition) is 1. The summed E-state index contributed by atoms with van der Waals surface area (Å²) in [6, 6.07) is 19.3. The summed E-state index contributed by atoms with van der Waals surface area (Å²) < 4.78 is 6.94.